The van der Waals surface area contributed by atoms with E-state index in [1.54, 1.807) is 0 Å². The lowest BCUT2D eigenvalue weighted by atomic mass is 9.68. The maximum absolute atomic E-state index is 2.41. The average molecular weight is 729 g/mol. The Balaban J connectivity index is 1.04. The Morgan fingerprint density at radius 3 is 1.70 bits per heavy atom. The molecular weight excluding hydrogens is 689 g/mol. The van der Waals surface area contributed by atoms with Crippen molar-refractivity contribution in [2.45, 2.75) is 19.3 Å². The molecule has 0 fully saturated rings. The van der Waals surface area contributed by atoms with Crippen LogP contribution in [0.4, 0.5) is 17.1 Å². The minimum Gasteiger partial charge on any atom is -0.310 e. The third-order valence-electron chi connectivity index (χ3n) is 12.2. The normalized spacial score (nSPS) is 12.9. The molecule has 1 aliphatic rings. The second-order valence-electron chi connectivity index (χ2n) is 15.8. The summed E-state index contributed by atoms with van der Waals surface area (Å²) in [7, 11) is 0. The van der Waals surface area contributed by atoms with Gasteiger partial charge in [-0.25, -0.2) is 0 Å². The number of anilines is 3. The van der Waals surface area contributed by atoms with E-state index in [2.05, 4.69) is 230 Å². The molecule has 0 amide bonds. The van der Waals surface area contributed by atoms with Crippen LogP contribution < -0.4 is 4.90 Å². The first-order chi connectivity index (χ1) is 28.0. The minimum absolute atomic E-state index is 0.0878. The monoisotopic (exact) mass is 728 g/mol. The van der Waals surface area contributed by atoms with E-state index >= 15 is 0 Å². The summed E-state index contributed by atoms with van der Waals surface area (Å²) in [5.41, 5.74) is 17.0. The molecule has 2 heteroatoms. The Bertz CT molecular complexity index is 3110. The van der Waals surface area contributed by atoms with Gasteiger partial charge < -0.3 is 9.47 Å². The standard InChI is InChI=1S/C55H40N2/c1-55(2)50-34-27-41(35-49(50)48-20-11-15-40-16-12-21-51(55)54(40)48)39-25-30-44(31-26-39)56(43-28-23-38(24-29-43)37-13-5-3-6-14-37)45-32-33-47-46-19-9-10-22-52(46)57(53(47)36-45)42-17-7-4-8-18-42/h3-36H,1-2H3. The maximum atomic E-state index is 2.41. The molecule has 0 N–H and O–H groups in total. The number of aromatic nitrogens is 1. The predicted octanol–water partition coefficient (Wildman–Crippen LogP) is 15.0. The maximum Gasteiger partial charge on any atom is 0.0561 e. The molecule has 10 aromatic rings. The lowest BCUT2D eigenvalue weighted by Gasteiger charge is -2.35. The van der Waals surface area contributed by atoms with Crippen molar-refractivity contribution in [3.05, 3.63) is 217 Å². The summed E-state index contributed by atoms with van der Waals surface area (Å²) < 4.78 is 2.39. The van der Waals surface area contributed by atoms with Crippen LogP contribution in [0.5, 0.6) is 0 Å². The van der Waals surface area contributed by atoms with Crippen molar-refractivity contribution in [2.75, 3.05) is 4.90 Å². The van der Waals surface area contributed by atoms with Crippen LogP contribution >= 0.6 is 0 Å². The van der Waals surface area contributed by atoms with E-state index in [0.29, 0.717) is 0 Å². The van der Waals surface area contributed by atoms with Crippen molar-refractivity contribution >= 4 is 49.6 Å². The SMILES string of the molecule is CC1(C)c2ccc(-c3ccc(N(c4ccc(-c5ccccc5)cc4)c4ccc5c6ccccc6n(-c6ccccc6)c5c4)cc3)cc2-c2cccc3cccc1c23. The highest BCUT2D eigenvalue weighted by Crippen LogP contribution is 2.49. The Labute approximate surface area is 333 Å². The summed E-state index contributed by atoms with van der Waals surface area (Å²) in [6, 6.07) is 75.6. The molecule has 0 radical (unpaired) electrons. The van der Waals surface area contributed by atoms with Crippen LogP contribution in [-0.4, -0.2) is 4.57 Å². The highest BCUT2D eigenvalue weighted by atomic mass is 15.1. The lowest BCUT2D eigenvalue weighted by molar-refractivity contribution is 0.645. The fourth-order valence-corrected chi connectivity index (χ4v) is 9.36. The molecule has 270 valence electrons. The highest BCUT2D eigenvalue weighted by molar-refractivity contribution is 6.10. The number of benzene rings is 9. The van der Waals surface area contributed by atoms with Gasteiger partial charge in [0.25, 0.3) is 0 Å². The van der Waals surface area contributed by atoms with Crippen molar-refractivity contribution in [3.8, 4) is 39.1 Å². The Hall–Kier alpha value is -7.16. The van der Waals surface area contributed by atoms with E-state index in [9.17, 15) is 0 Å². The van der Waals surface area contributed by atoms with E-state index in [1.165, 1.54) is 77.1 Å². The van der Waals surface area contributed by atoms with Gasteiger partial charge in [-0.3, -0.25) is 0 Å². The second kappa shape index (κ2) is 13.0. The van der Waals surface area contributed by atoms with Crippen LogP contribution in [0, 0.1) is 0 Å². The first-order valence-electron chi connectivity index (χ1n) is 19.8. The van der Waals surface area contributed by atoms with Gasteiger partial charge in [-0.05, 0) is 116 Å². The van der Waals surface area contributed by atoms with E-state index < -0.39 is 0 Å². The summed E-state index contributed by atoms with van der Waals surface area (Å²) in [5, 5.41) is 5.17. The summed E-state index contributed by atoms with van der Waals surface area (Å²) in [6.07, 6.45) is 0. The van der Waals surface area contributed by atoms with Crippen molar-refractivity contribution < 1.29 is 0 Å². The molecule has 0 spiro atoms. The van der Waals surface area contributed by atoms with Gasteiger partial charge in [0.2, 0.25) is 0 Å². The Morgan fingerprint density at radius 2 is 0.965 bits per heavy atom. The summed E-state index contributed by atoms with van der Waals surface area (Å²) >= 11 is 0. The number of nitrogens with zero attached hydrogens (tertiary/aromatic N) is 2. The van der Waals surface area contributed by atoms with E-state index in [1.807, 2.05) is 0 Å². The summed E-state index contributed by atoms with van der Waals surface area (Å²) in [4.78, 5) is 2.39. The molecule has 1 aliphatic carbocycles. The van der Waals surface area contributed by atoms with Crippen LogP contribution in [0.25, 0.3) is 71.6 Å². The summed E-state index contributed by atoms with van der Waals surface area (Å²) in [6.45, 7) is 4.73. The first-order valence-corrected chi connectivity index (χ1v) is 19.8. The molecule has 0 unspecified atom stereocenters. The molecule has 0 atom stereocenters. The molecule has 0 aliphatic heterocycles. The van der Waals surface area contributed by atoms with Gasteiger partial charge in [0.05, 0.1) is 11.0 Å². The van der Waals surface area contributed by atoms with Crippen LogP contribution in [0.2, 0.25) is 0 Å². The van der Waals surface area contributed by atoms with Crippen molar-refractivity contribution in [2.24, 2.45) is 0 Å². The highest BCUT2D eigenvalue weighted by Gasteiger charge is 2.33. The number of hydrogen-bond acceptors (Lipinski definition) is 1. The molecule has 1 aromatic heterocycles. The molecule has 11 rings (SSSR count). The first kappa shape index (κ1) is 33.2. The van der Waals surface area contributed by atoms with Gasteiger partial charge in [-0.15, -0.1) is 0 Å². The van der Waals surface area contributed by atoms with Crippen LogP contribution in [-0.2, 0) is 5.41 Å². The molecule has 2 nitrogen and oxygen atoms in total. The second-order valence-corrected chi connectivity index (χ2v) is 15.8. The van der Waals surface area contributed by atoms with Crippen LogP contribution in [0.15, 0.2) is 206 Å². The van der Waals surface area contributed by atoms with Gasteiger partial charge in [0.1, 0.15) is 0 Å². The van der Waals surface area contributed by atoms with Gasteiger partial charge in [0, 0.05) is 38.9 Å². The topological polar surface area (TPSA) is 8.17 Å². The van der Waals surface area contributed by atoms with E-state index in [4.69, 9.17) is 0 Å². The third kappa shape index (κ3) is 5.33. The Kier molecular flexibility index (Phi) is 7.55. The number of hydrogen-bond donors (Lipinski definition) is 0. The molecule has 0 saturated heterocycles. The van der Waals surface area contributed by atoms with Crippen molar-refractivity contribution in [3.63, 3.8) is 0 Å². The minimum atomic E-state index is -0.0878. The van der Waals surface area contributed by atoms with Crippen LogP contribution in [0.3, 0.4) is 0 Å². The van der Waals surface area contributed by atoms with E-state index in [0.717, 1.165) is 22.7 Å². The lowest BCUT2D eigenvalue weighted by Crippen LogP contribution is -2.23. The average Bonchev–Trinajstić information content (AvgIpc) is 3.60. The zero-order chi connectivity index (χ0) is 38.1. The van der Waals surface area contributed by atoms with E-state index in [-0.39, 0.29) is 5.41 Å². The summed E-state index contributed by atoms with van der Waals surface area (Å²) in [5.74, 6) is 0. The van der Waals surface area contributed by atoms with Gasteiger partial charge >= 0.3 is 0 Å². The third-order valence-corrected chi connectivity index (χ3v) is 12.2. The largest absolute Gasteiger partial charge is 0.310 e. The smallest absolute Gasteiger partial charge is 0.0561 e. The van der Waals surface area contributed by atoms with Gasteiger partial charge in [-0.1, -0.05) is 159 Å². The molecule has 0 saturated carbocycles. The molecule has 9 aromatic carbocycles. The van der Waals surface area contributed by atoms with Crippen molar-refractivity contribution in [1.82, 2.24) is 4.57 Å². The van der Waals surface area contributed by atoms with Crippen LogP contribution in [0.1, 0.15) is 25.0 Å². The Morgan fingerprint density at radius 1 is 0.386 bits per heavy atom. The van der Waals surface area contributed by atoms with Crippen molar-refractivity contribution in [1.29, 1.82) is 0 Å². The molecule has 57 heavy (non-hydrogen) atoms. The zero-order valence-electron chi connectivity index (χ0n) is 32.0. The van der Waals surface area contributed by atoms with Gasteiger partial charge in [-0.2, -0.15) is 0 Å². The fraction of sp³-hybridized carbons (Fsp3) is 0.0545. The number of rotatable bonds is 6. The zero-order valence-corrected chi connectivity index (χ0v) is 32.0. The molecular formula is C55H40N2. The quantitative estimate of drug-likeness (QED) is 0.165. The van der Waals surface area contributed by atoms with Gasteiger partial charge in [0.15, 0.2) is 0 Å². The number of fused-ring (bicyclic) bond motifs is 5. The fourth-order valence-electron chi connectivity index (χ4n) is 9.36. The molecule has 1 heterocycles. The molecule has 0 bridgehead atoms. The predicted molar refractivity (Wildman–Crippen MR) is 241 cm³/mol. The number of para-hydroxylation sites is 2.